The van der Waals surface area contributed by atoms with Crippen molar-refractivity contribution in [2.75, 3.05) is 13.2 Å². The molecule has 34 heavy (non-hydrogen) atoms. The minimum absolute atomic E-state index is 0.110. The minimum atomic E-state index is -1.23. The molecule has 4 amide bonds. The smallest absolute Gasteiger partial charge is 0.309 e. The molecule has 0 spiro atoms. The van der Waals surface area contributed by atoms with E-state index >= 15 is 0 Å². The third-order valence-corrected chi connectivity index (χ3v) is 6.62. The first-order valence-corrected chi connectivity index (χ1v) is 11.6. The van der Waals surface area contributed by atoms with Crippen LogP contribution in [0.4, 0.5) is 4.39 Å². The number of aliphatic imine (C=N–C) groups is 1. The Kier molecular flexibility index (Phi) is 7.26. The molecule has 1 unspecified atom stereocenters. The average Bonchev–Trinajstić information content (AvgIpc) is 3.10. The highest BCUT2D eigenvalue weighted by Crippen LogP contribution is 2.62. The summed E-state index contributed by atoms with van der Waals surface area (Å²) < 4.78 is 13.7. The maximum absolute atomic E-state index is 13.7. The fourth-order valence-electron chi connectivity index (χ4n) is 4.95. The van der Waals surface area contributed by atoms with Gasteiger partial charge >= 0.3 is 11.8 Å². The second kappa shape index (κ2) is 9.52. The lowest BCUT2D eigenvalue weighted by Crippen LogP contribution is -2.77. The zero-order valence-corrected chi connectivity index (χ0v) is 19.8. The van der Waals surface area contributed by atoms with E-state index in [1.54, 1.807) is 0 Å². The largest absolute Gasteiger partial charge is 0.389 e. The first kappa shape index (κ1) is 25.9. The summed E-state index contributed by atoms with van der Waals surface area (Å²) in [4.78, 5) is 65.5. The van der Waals surface area contributed by atoms with Crippen molar-refractivity contribution in [1.82, 2.24) is 16.0 Å². The number of aliphatic hydroxyl groups excluding tert-OH is 1. The van der Waals surface area contributed by atoms with Crippen molar-refractivity contribution in [3.63, 3.8) is 0 Å². The number of nitrogens with one attached hydrogen (secondary N) is 3. The molecule has 3 atom stereocenters. The van der Waals surface area contributed by atoms with Crippen LogP contribution in [0.1, 0.15) is 59.3 Å². The van der Waals surface area contributed by atoms with Crippen LogP contribution in [0.25, 0.3) is 0 Å². The molecule has 10 nitrogen and oxygen atoms in total. The van der Waals surface area contributed by atoms with Gasteiger partial charge in [-0.1, -0.05) is 20.8 Å². The lowest BCUT2D eigenvalue weighted by Gasteiger charge is -2.65. The number of hydrogen-bond acceptors (Lipinski definition) is 6. The molecule has 4 aliphatic rings. The van der Waals surface area contributed by atoms with E-state index in [2.05, 4.69) is 20.9 Å². The number of hydrogen-bond donors (Lipinski definition) is 4. The van der Waals surface area contributed by atoms with Crippen LogP contribution in [0, 0.1) is 17.3 Å². The number of alkyl halides is 1. The van der Waals surface area contributed by atoms with Gasteiger partial charge in [-0.15, -0.1) is 0 Å². The molecule has 4 N–H and O–H groups in total. The van der Waals surface area contributed by atoms with E-state index in [4.69, 9.17) is 0 Å². The van der Waals surface area contributed by atoms with E-state index in [9.17, 15) is 33.5 Å². The maximum Gasteiger partial charge on any atom is 0.309 e. The summed E-state index contributed by atoms with van der Waals surface area (Å²) in [7, 11) is 0. The van der Waals surface area contributed by atoms with Gasteiger partial charge in [-0.05, 0) is 24.7 Å². The highest BCUT2D eigenvalue weighted by atomic mass is 19.1. The predicted molar refractivity (Wildman–Crippen MR) is 119 cm³/mol. The van der Waals surface area contributed by atoms with E-state index in [0.717, 1.165) is 6.21 Å². The molecular weight excluding hydrogens is 447 g/mol. The van der Waals surface area contributed by atoms with Gasteiger partial charge < -0.3 is 21.1 Å². The number of halogens is 1. The topological polar surface area (TPSA) is 154 Å². The molecule has 4 fully saturated rings. The van der Waals surface area contributed by atoms with Crippen LogP contribution >= 0.6 is 0 Å². The lowest BCUT2D eigenvalue weighted by molar-refractivity contribution is -0.177. The Labute approximate surface area is 197 Å². The summed E-state index contributed by atoms with van der Waals surface area (Å²) in [5, 5.41) is 16.9. The Balaban J connectivity index is 1.64. The Morgan fingerprint density at radius 1 is 1.24 bits per heavy atom. The molecule has 0 aromatic carbocycles. The van der Waals surface area contributed by atoms with E-state index in [-0.39, 0.29) is 38.0 Å². The van der Waals surface area contributed by atoms with Crippen molar-refractivity contribution in [3.05, 3.63) is 0 Å². The summed E-state index contributed by atoms with van der Waals surface area (Å²) in [5.41, 5.74) is -2.31. The molecule has 4 rings (SSSR count). The Hall–Kier alpha value is -2.69. The van der Waals surface area contributed by atoms with Crippen molar-refractivity contribution in [3.8, 4) is 0 Å². The molecule has 1 saturated heterocycles. The molecule has 2 bridgehead atoms. The van der Waals surface area contributed by atoms with E-state index < -0.39 is 64.6 Å². The first-order chi connectivity index (χ1) is 15.7. The second-order valence-corrected chi connectivity index (χ2v) is 11.1. The van der Waals surface area contributed by atoms with E-state index in [0.29, 0.717) is 13.0 Å². The summed E-state index contributed by atoms with van der Waals surface area (Å²) in [5.74, 6) is -4.82. The fourth-order valence-corrected chi connectivity index (χ4v) is 4.95. The molecule has 188 valence electrons. The van der Waals surface area contributed by atoms with Crippen molar-refractivity contribution in [2.45, 2.75) is 76.5 Å². The number of amides is 4. The van der Waals surface area contributed by atoms with Gasteiger partial charge in [-0.2, -0.15) is 0 Å². The number of carbonyl (C=O) groups excluding carboxylic acids is 5. The SMILES string of the molecule is CC(C)(C)C[C@H](NC(=O)C(=O)NC12CC(F)(C1)C2)C(=O)N=CC(C[C@@H]1CCNC1=O)C(=O)CO. The fraction of sp³-hybridized carbons (Fsp3) is 0.739. The van der Waals surface area contributed by atoms with Gasteiger partial charge in [0.1, 0.15) is 18.3 Å². The number of Topliss-reactive ketones (excluding diaryl/α,β-unsaturated/α-hetero) is 1. The van der Waals surface area contributed by atoms with Gasteiger partial charge in [0, 0.05) is 43.5 Å². The van der Waals surface area contributed by atoms with Crippen LogP contribution < -0.4 is 16.0 Å². The van der Waals surface area contributed by atoms with E-state index in [1.165, 1.54) is 0 Å². The van der Waals surface area contributed by atoms with Gasteiger partial charge in [0.25, 0.3) is 5.91 Å². The van der Waals surface area contributed by atoms with Gasteiger partial charge in [0.2, 0.25) is 5.91 Å². The number of carbonyl (C=O) groups is 5. The van der Waals surface area contributed by atoms with Crippen LogP contribution in [0.3, 0.4) is 0 Å². The average molecular weight is 481 g/mol. The monoisotopic (exact) mass is 480 g/mol. The van der Waals surface area contributed by atoms with Crippen molar-refractivity contribution in [2.24, 2.45) is 22.2 Å². The zero-order valence-electron chi connectivity index (χ0n) is 19.8. The number of nitrogens with zero attached hydrogens (tertiary/aromatic N) is 1. The van der Waals surface area contributed by atoms with Crippen LogP contribution in [0.5, 0.6) is 0 Å². The Morgan fingerprint density at radius 3 is 2.38 bits per heavy atom. The molecule has 11 heteroatoms. The highest BCUT2D eigenvalue weighted by Gasteiger charge is 2.70. The molecule has 0 radical (unpaired) electrons. The molecular formula is C23H33FN4O6. The predicted octanol–water partition coefficient (Wildman–Crippen LogP) is -0.0306. The normalized spacial score (nSPS) is 29.4. The molecule has 0 aromatic heterocycles. The summed E-state index contributed by atoms with van der Waals surface area (Å²) >= 11 is 0. The molecule has 1 aliphatic heterocycles. The quantitative estimate of drug-likeness (QED) is 0.268. The first-order valence-electron chi connectivity index (χ1n) is 11.6. The summed E-state index contributed by atoms with van der Waals surface area (Å²) in [6.07, 6.45) is 2.49. The number of rotatable bonds is 9. The maximum atomic E-state index is 13.7. The van der Waals surface area contributed by atoms with Gasteiger partial charge in [0.15, 0.2) is 5.78 Å². The summed E-state index contributed by atoms with van der Waals surface area (Å²) in [6, 6.07) is -1.13. The molecule has 1 heterocycles. The number of aliphatic hydroxyl groups is 1. The minimum Gasteiger partial charge on any atom is -0.389 e. The highest BCUT2D eigenvalue weighted by molar-refractivity contribution is 6.35. The van der Waals surface area contributed by atoms with Gasteiger partial charge in [-0.25, -0.2) is 9.38 Å². The van der Waals surface area contributed by atoms with Crippen LogP contribution in [-0.4, -0.2) is 71.1 Å². The van der Waals surface area contributed by atoms with Crippen molar-refractivity contribution >= 4 is 35.6 Å². The van der Waals surface area contributed by atoms with Gasteiger partial charge in [-0.3, -0.25) is 24.0 Å². The van der Waals surface area contributed by atoms with Crippen LogP contribution in [0.2, 0.25) is 0 Å². The zero-order chi connectivity index (χ0) is 25.3. The van der Waals surface area contributed by atoms with Gasteiger partial charge in [0.05, 0.1) is 5.92 Å². The van der Waals surface area contributed by atoms with Crippen molar-refractivity contribution in [1.29, 1.82) is 0 Å². The second-order valence-electron chi connectivity index (χ2n) is 11.1. The van der Waals surface area contributed by atoms with Crippen LogP contribution in [-0.2, 0) is 24.0 Å². The molecule has 3 saturated carbocycles. The van der Waals surface area contributed by atoms with Crippen LogP contribution in [0.15, 0.2) is 4.99 Å². The summed E-state index contributed by atoms with van der Waals surface area (Å²) in [6.45, 7) is 5.28. The van der Waals surface area contributed by atoms with E-state index in [1.807, 2.05) is 20.8 Å². The number of ketones is 1. The third kappa shape index (κ3) is 6.05. The Morgan fingerprint density at radius 2 is 1.88 bits per heavy atom. The lowest BCUT2D eigenvalue weighted by atomic mass is 9.47. The molecule has 0 aromatic rings. The van der Waals surface area contributed by atoms with Crippen molar-refractivity contribution < 1.29 is 33.5 Å². The molecule has 3 aliphatic carbocycles. The third-order valence-electron chi connectivity index (χ3n) is 6.62. The Bertz CT molecular complexity index is 892. The standard InChI is InChI=1S/C23H33FN4O6/c1-21(2,3)7-15(27-19(33)20(34)28-23-10-22(24,11-23)12-23)18(32)26-8-14(16(30)9-29)6-13-4-5-25-17(13)31/h8,13-15,29H,4-7,9-12H2,1-3H3,(H,25,31)(H,27,33)(H,28,34)/t13-,14?,15-,22?,23?/m0/s1.